The van der Waals surface area contributed by atoms with Crippen LogP contribution in [0.5, 0.6) is 0 Å². The first-order valence-corrected chi connectivity index (χ1v) is 12.7. The van der Waals surface area contributed by atoms with Gasteiger partial charge in [0, 0.05) is 16.4 Å². The molecule has 7 nitrogen and oxygen atoms in total. The van der Waals surface area contributed by atoms with Crippen LogP contribution in [0.4, 0.5) is 11.4 Å². The number of nitrogens with one attached hydrogen (secondary N) is 2. The van der Waals surface area contributed by atoms with Crippen molar-refractivity contribution in [1.82, 2.24) is 4.98 Å². The van der Waals surface area contributed by atoms with Crippen LogP contribution in [0.15, 0.2) is 46.8 Å². The lowest BCUT2D eigenvalue weighted by molar-refractivity contribution is -0.147. The summed E-state index contributed by atoms with van der Waals surface area (Å²) in [6.07, 6.45) is 2.83. The van der Waals surface area contributed by atoms with Gasteiger partial charge in [0.2, 0.25) is 11.8 Å². The van der Waals surface area contributed by atoms with Crippen LogP contribution in [-0.2, 0) is 14.4 Å². The van der Waals surface area contributed by atoms with Crippen molar-refractivity contribution >= 4 is 74.1 Å². The lowest BCUT2D eigenvalue weighted by atomic mass is 9.78. The van der Waals surface area contributed by atoms with E-state index in [4.69, 9.17) is 11.6 Å². The number of benzene rings is 2. The summed E-state index contributed by atoms with van der Waals surface area (Å²) in [5, 5.41) is 15.7. The zero-order valence-electron chi connectivity index (χ0n) is 17.5. The predicted octanol–water partition coefficient (Wildman–Crippen LogP) is 5.51. The Morgan fingerprint density at radius 3 is 2.45 bits per heavy atom. The van der Waals surface area contributed by atoms with Crippen LogP contribution in [-0.4, -0.2) is 33.6 Å². The number of rotatable bonds is 7. The summed E-state index contributed by atoms with van der Waals surface area (Å²) < 4.78 is 1.63. The Balaban J connectivity index is 1.36. The average Bonchev–Trinajstić information content (AvgIpc) is 3.21. The number of thiazole rings is 1. The highest BCUT2D eigenvalue weighted by atomic mass is 35.5. The van der Waals surface area contributed by atoms with E-state index in [1.165, 1.54) is 23.1 Å². The predicted molar refractivity (Wildman–Crippen MR) is 132 cm³/mol. The van der Waals surface area contributed by atoms with Crippen molar-refractivity contribution < 1.29 is 19.5 Å². The van der Waals surface area contributed by atoms with Crippen molar-refractivity contribution in [3.8, 4) is 0 Å². The fraction of sp³-hybridized carbons (Fsp3) is 0.304. The van der Waals surface area contributed by atoms with E-state index >= 15 is 0 Å². The molecule has 172 valence electrons. The lowest BCUT2D eigenvalue weighted by Crippen LogP contribution is -2.36. The van der Waals surface area contributed by atoms with Gasteiger partial charge >= 0.3 is 5.97 Å². The van der Waals surface area contributed by atoms with Gasteiger partial charge in [-0.3, -0.25) is 14.4 Å². The van der Waals surface area contributed by atoms with Gasteiger partial charge in [0.05, 0.1) is 27.8 Å². The van der Waals surface area contributed by atoms with Crippen LogP contribution in [0.1, 0.15) is 25.7 Å². The minimum atomic E-state index is -0.908. The Labute approximate surface area is 203 Å². The Morgan fingerprint density at radius 1 is 1.03 bits per heavy atom. The molecule has 1 aromatic heterocycles. The minimum Gasteiger partial charge on any atom is -0.481 e. The molecular formula is C23H22ClN3O4S2. The van der Waals surface area contributed by atoms with Gasteiger partial charge in [0.1, 0.15) is 0 Å². The van der Waals surface area contributed by atoms with Gasteiger partial charge in [0.15, 0.2) is 4.34 Å². The zero-order valence-corrected chi connectivity index (χ0v) is 19.9. The van der Waals surface area contributed by atoms with Gasteiger partial charge in [0.25, 0.3) is 0 Å². The zero-order chi connectivity index (χ0) is 23.4. The molecule has 2 atom stereocenters. The molecule has 4 rings (SSSR count). The molecule has 1 heterocycles. The molecule has 1 fully saturated rings. The molecule has 33 heavy (non-hydrogen) atoms. The van der Waals surface area contributed by atoms with Crippen molar-refractivity contribution in [2.75, 3.05) is 16.4 Å². The van der Waals surface area contributed by atoms with Crippen LogP contribution < -0.4 is 10.6 Å². The Hall–Kier alpha value is -2.62. The molecular weight excluding hydrogens is 482 g/mol. The summed E-state index contributed by atoms with van der Waals surface area (Å²) in [5.74, 6) is -2.24. The maximum absolute atomic E-state index is 12.7. The molecule has 3 aromatic rings. The summed E-state index contributed by atoms with van der Waals surface area (Å²) in [6, 6.07) is 12.3. The molecule has 10 heteroatoms. The highest BCUT2D eigenvalue weighted by molar-refractivity contribution is 8.01. The smallest absolute Gasteiger partial charge is 0.307 e. The highest BCUT2D eigenvalue weighted by Gasteiger charge is 2.35. The quantitative estimate of drug-likeness (QED) is 0.367. The van der Waals surface area contributed by atoms with Gasteiger partial charge in [-0.2, -0.15) is 0 Å². The molecule has 3 N–H and O–H groups in total. The summed E-state index contributed by atoms with van der Waals surface area (Å²) in [5.41, 5.74) is 2.07. The van der Waals surface area contributed by atoms with E-state index in [2.05, 4.69) is 15.6 Å². The maximum atomic E-state index is 12.7. The first-order valence-electron chi connectivity index (χ1n) is 10.5. The van der Waals surface area contributed by atoms with E-state index in [1.54, 1.807) is 30.3 Å². The number of thioether (sulfide) groups is 1. The molecule has 1 aliphatic carbocycles. The van der Waals surface area contributed by atoms with Crippen LogP contribution in [0.25, 0.3) is 10.2 Å². The Morgan fingerprint density at radius 2 is 1.73 bits per heavy atom. The molecule has 2 amide bonds. The number of carboxylic acids is 1. The first kappa shape index (κ1) is 23.5. The van der Waals surface area contributed by atoms with E-state index in [1.807, 2.05) is 12.1 Å². The minimum absolute atomic E-state index is 0.144. The van der Waals surface area contributed by atoms with E-state index in [0.29, 0.717) is 29.2 Å². The van der Waals surface area contributed by atoms with Crippen LogP contribution in [0.2, 0.25) is 5.02 Å². The van der Waals surface area contributed by atoms with Crippen molar-refractivity contribution in [2.45, 2.75) is 30.0 Å². The number of halogens is 1. The molecule has 0 spiro atoms. The summed E-state index contributed by atoms with van der Waals surface area (Å²) >= 11 is 8.63. The molecule has 1 saturated carbocycles. The highest BCUT2D eigenvalue weighted by Crippen LogP contribution is 2.33. The standard InChI is InChI=1S/C23H22ClN3O4S2/c24-13-5-7-14(8-6-13)25-20(28)12-32-23-27-18-10-9-15(11-19(18)33-23)26-21(29)16-3-1-2-4-17(16)22(30)31/h5-11,16-17H,1-4,12H2,(H,25,28)(H,26,29)(H,30,31)/t16-,17+/m0/s1. The molecule has 0 radical (unpaired) electrons. The number of aliphatic carboxylic acids is 1. The second-order valence-electron chi connectivity index (χ2n) is 7.83. The van der Waals surface area contributed by atoms with Gasteiger partial charge in [-0.05, 0) is 55.3 Å². The molecule has 0 unspecified atom stereocenters. The number of fused-ring (bicyclic) bond motifs is 1. The Bertz CT molecular complexity index is 1180. The third-order valence-electron chi connectivity index (χ3n) is 5.51. The van der Waals surface area contributed by atoms with Crippen molar-refractivity contribution in [3.63, 3.8) is 0 Å². The maximum Gasteiger partial charge on any atom is 0.307 e. The summed E-state index contributed by atoms with van der Waals surface area (Å²) in [4.78, 5) is 41.0. The summed E-state index contributed by atoms with van der Waals surface area (Å²) in [7, 11) is 0. The van der Waals surface area contributed by atoms with E-state index in [9.17, 15) is 19.5 Å². The SMILES string of the molecule is O=C(CSc1nc2ccc(NC(=O)[C@H]3CCCC[C@H]3C(=O)O)cc2s1)Nc1ccc(Cl)cc1. The van der Waals surface area contributed by atoms with E-state index in [-0.39, 0.29) is 17.6 Å². The van der Waals surface area contributed by atoms with Crippen molar-refractivity contribution in [1.29, 1.82) is 0 Å². The van der Waals surface area contributed by atoms with Gasteiger partial charge in [-0.1, -0.05) is 36.2 Å². The third-order valence-corrected chi connectivity index (χ3v) is 7.92. The topological polar surface area (TPSA) is 108 Å². The number of anilines is 2. The molecule has 1 aliphatic rings. The van der Waals surface area contributed by atoms with Crippen molar-refractivity contribution in [3.05, 3.63) is 47.5 Å². The lowest BCUT2D eigenvalue weighted by Gasteiger charge is -2.27. The van der Waals surface area contributed by atoms with Gasteiger partial charge in [-0.25, -0.2) is 4.98 Å². The number of carbonyl (C=O) groups is 3. The van der Waals surface area contributed by atoms with E-state index < -0.39 is 17.8 Å². The normalized spacial score (nSPS) is 18.1. The van der Waals surface area contributed by atoms with Gasteiger partial charge < -0.3 is 15.7 Å². The number of nitrogens with zero attached hydrogens (tertiary/aromatic N) is 1. The number of hydrogen-bond donors (Lipinski definition) is 3. The second kappa shape index (κ2) is 10.5. The van der Waals surface area contributed by atoms with Crippen LogP contribution in [0, 0.1) is 11.8 Å². The molecule has 2 aromatic carbocycles. The first-order chi connectivity index (χ1) is 15.9. The molecule has 0 saturated heterocycles. The number of amides is 2. The number of aromatic nitrogens is 1. The fourth-order valence-corrected chi connectivity index (χ4v) is 5.91. The number of carbonyl (C=O) groups excluding carboxylic acids is 2. The monoisotopic (exact) mass is 503 g/mol. The number of carboxylic acid groups (broad SMARTS) is 1. The number of hydrogen-bond acceptors (Lipinski definition) is 6. The summed E-state index contributed by atoms with van der Waals surface area (Å²) in [6.45, 7) is 0. The molecule has 0 bridgehead atoms. The Kier molecular flexibility index (Phi) is 7.52. The second-order valence-corrected chi connectivity index (χ2v) is 10.5. The van der Waals surface area contributed by atoms with Crippen LogP contribution in [0.3, 0.4) is 0 Å². The average molecular weight is 504 g/mol. The van der Waals surface area contributed by atoms with Gasteiger partial charge in [-0.15, -0.1) is 11.3 Å². The van der Waals surface area contributed by atoms with Crippen LogP contribution >= 0.6 is 34.7 Å². The third kappa shape index (κ3) is 6.04. The van der Waals surface area contributed by atoms with Crippen molar-refractivity contribution in [2.24, 2.45) is 11.8 Å². The largest absolute Gasteiger partial charge is 0.481 e. The van der Waals surface area contributed by atoms with E-state index in [0.717, 1.165) is 27.4 Å². The molecule has 0 aliphatic heterocycles. The fourth-order valence-electron chi connectivity index (χ4n) is 3.88.